The number of hydrogen-bond donors (Lipinski definition) is 4. The van der Waals surface area contributed by atoms with E-state index in [0.29, 0.717) is 17.9 Å². The first-order chi connectivity index (χ1) is 12.1. The molecule has 5 N–H and O–H groups in total. The number of benzene rings is 2. The van der Waals surface area contributed by atoms with Gasteiger partial charge < -0.3 is 20.8 Å². The van der Waals surface area contributed by atoms with Gasteiger partial charge in [0.1, 0.15) is 11.7 Å². The molecule has 1 atom stereocenters. The first-order valence-corrected chi connectivity index (χ1v) is 7.77. The van der Waals surface area contributed by atoms with Gasteiger partial charge in [0, 0.05) is 19.2 Å². The second-order valence-corrected chi connectivity index (χ2v) is 5.58. The fourth-order valence-corrected chi connectivity index (χ4v) is 2.52. The second-order valence-electron chi connectivity index (χ2n) is 5.58. The van der Waals surface area contributed by atoms with Crippen molar-refractivity contribution in [2.45, 2.75) is 12.6 Å². The van der Waals surface area contributed by atoms with Gasteiger partial charge in [-0.15, -0.1) is 0 Å². The molecule has 3 rings (SSSR count). The fraction of sp³-hybridized carbons (Fsp3) is 0.167. The van der Waals surface area contributed by atoms with Gasteiger partial charge in [-0.1, -0.05) is 36.4 Å². The number of ether oxygens (including phenoxy) is 1. The predicted molar refractivity (Wildman–Crippen MR) is 95.1 cm³/mol. The Bertz CT molecular complexity index is 868. The average molecular weight is 337 g/mol. The molecule has 3 aromatic rings. The fourth-order valence-electron chi connectivity index (χ4n) is 2.52. The lowest BCUT2D eigenvalue weighted by molar-refractivity contribution is -0.132. The van der Waals surface area contributed by atoms with Gasteiger partial charge in [0.2, 0.25) is 0 Å². The number of aromatic nitrogens is 2. The third kappa shape index (κ3) is 3.67. The van der Waals surface area contributed by atoms with E-state index < -0.39 is 6.10 Å². The lowest BCUT2D eigenvalue weighted by atomic mass is 10.1. The van der Waals surface area contributed by atoms with E-state index in [4.69, 9.17) is 15.9 Å². The summed E-state index contributed by atoms with van der Waals surface area (Å²) in [5, 5.41) is 10.2. The number of nitrogens with zero attached hydrogens (tertiary/aromatic N) is 1. The van der Waals surface area contributed by atoms with Crippen LogP contribution in [0.5, 0.6) is 0 Å². The van der Waals surface area contributed by atoms with Crippen LogP contribution < -0.4 is 11.1 Å². The summed E-state index contributed by atoms with van der Waals surface area (Å²) in [5.41, 5.74) is 8.61. The van der Waals surface area contributed by atoms with Crippen LogP contribution in [-0.4, -0.2) is 28.8 Å². The minimum absolute atomic E-state index is 0.0138. The molecule has 2 aromatic carbocycles. The minimum Gasteiger partial charge on any atom is -0.384 e. The molecular weight excluding hydrogens is 318 g/mol. The molecule has 0 bridgehead atoms. The number of carbonyl (C=O) groups excluding carboxylic acids is 1. The molecule has 0 aliphatic carbocycles. The largest absolute Gasteiger partial charge is 0.384 e. The van der Waals surface area contributed by atoms with Crippen LogP contribution in [0.25, 0.3) is 11.0 Å². The molecule has 1 amide bonds. The number of rotatable bonds is 6. The number of amides is 1. The maximum absolute atomic E-state index is 12.4. The van der Waals surface area contributed by atoms with Gasteiger partial charge in [-0.3, -0.25) is 10.2 Å². The second kappa shape index (κ2) is 7.14. The van der Waals surface area contributed by atoms with Crippen molar-refractivity contribution in [1.29, 1.82) is 5.41 Å². The highest BCUT2D eigenvalue weighted by Gasteiger charge is 2.23. The van der Waals surface area contributed by atoms with Gasteiger partial charge in [0.05, 0.1) is 11.0 Å². The first-order valence-electron chi connectivity index (χ1n) is 7.77. The highest BCUT2D eigenvalue weighted by atomic mass is 16.5. The first kappa shape index (κ1) is 16.7. The van der Waals surface area contributed by atoms with Crippen LogP contribution in [0.1, 0.15) is 23.1 Å². The number of nitrogens with two attached hydrogens (primary N) is 1. The SMILES string of the molecule is COC(C(=O)NCc1ccc(C(=N)N)cc1)c1nc2ccccc2[nH]1. The number of para-hydroxylation sites is 2. The summed E-state index contributed by atoms with van der Waals surface area (Å²) in [6, 6.07) is 14.7. The zero-order chi connectivity index (χ0) is 17.8. The number of H-pyrrole nitrogens is 1. The van der Waals surface area contributed by atoms with E-state index in [2.05, 4.69) is 15.3 Å². The van der Waals surface area contributed by atoms with Crippen molar-refractivity contribution in [3.8, 4) is 0 Å². The highest BCUT2D eigenvalue weighted by molar-refractivity contribution is 5.94. The average Bonchev–Trinajstić information content (AvgIpc) is 3.04. The molecule has 7 heteroatoms. The topological polar surface area (TPSA) is 117 Å². The highest BCUT2D eigenvalue weighted by Crippen LogP contribution is 2.18. The van der Waals surface area contributed by atoms with Crippen LogP contribution in [0.15, 0.2) is 48.5 Å². The van der Waals surface area contributed by atoms with Crippen molar-refractivity contribution in [1.82, 2.24) is 15.3 Å². The molecule has 0 fully saturated rings. The van der Waals surface area contributed by atoms with Crippen molar-refractivity contribution in [2.75, 3.05) is 7.11 Å². The van der Waals surface area contributed by atoms with Gasteiger partial charge in [0.15, 0.2) is 6.10 Å². The Morgan fingerprint density at radius 1 is 1.28 bits per heavy atom. The van der Waals surface area contributed by atoms with E-state index in [-0.39, 0.29) is 11.7 Å². The molecule has 0 saturated carbocycles. The van der Waals surface area contributed by atoms with Gasteiger partial charge in [-0.25, -0.2) is 4.98 Å². The summed E-state index contributed by atoms with van der Waals surface area (Å²) in [6.45, 7) is 0.344. The molecule has 0 radical (unpaired) electrons. The maximum Gasteiger partial charge on any atom is 0.257 e. The van der Waals surface area contributed by atoms with Crippen molar-refractivity contribution in [2.24, 2.45) is 5.73 Å². The van der Waals surface area contributed by atoms with Crippen LogP contribution in [0, 0.1) is 5.41 Å². The quantitative estimate of drug-likeness (QED) is 0.405. The summed E-state index contributed by atoms with van der Waals surface area (Å²) >= 11 is 0. The maximum atomic E-state index is 12.4. The third-order valence-corrected chi connectivity index (χ3v) is 3.86. The minimum atomic E-state index is -0.816. The molecular formula is C18H19N5O2. The molecule has 25 heavy (non-hydrogen) atoms. The normalized spacial score (nSPS) is 12.0. The van der Waals surface area contributed by atoms with E-state index in [1.807, 2.05) is 36.4 Å². The smallest absolute Gasteiger partial charge is 0.257 e. The molecule has 1 aromatic heterocycles. The molecule has 0 aliphatic heterocycles. The zero-order valence-corrected chi connectivity index (χ0v) is 13.7. The number of nitrogens with one attached hydrogen (secondary N) is 3. The summed E-state index contributed by atoms with van der Waals surface area (Å²) < 4.78 is 5.32. The molecule has 1 unspecified atom stereocenters. The molecule has 7 nitrogen and oxygen atoms in total. The zero-order valence-electron chi connectivity index (χ0n) is 13.7. The summed E-state index contributed by atoms with van der Waals surface area (Å²) in [4.78, 5) is 20.0. The Labute approximate surface area is 144 Å². The Morgan fingerprint density at radius 3 is 2.64 bits per heavy atom. The molecule has 0 aliphatic rings. The molecule has 128 valence electrons. The number of methoxy groups -OCH3 is 1. The number of aromatic amines is 1. The third-order valence-electron chi connectivity index (χ3n) is 3.86. The molecule has 0 saturated heterocycles. The van der Waals surface area contributed by atoms with E-state index >= 15 is 0 Å². The number of carbonyl (C=O) groups is 1. The van der Waals surface area contributed by atoms with Crippen molar-refractivity contribution >= 4 is 22.8 Å². The Morgan fingerprint density at radius 2 is 2.00 bits per heavy atom. The van der Waals surface area contributed by atoms with Crippen molar-refractivity contribution in [3.63, 3.8) is 0 Å². The summed E-state index contributed by atoms with van der Waals surface area (Å²) in [7, 11) is 1.47. The van der Waals surface area contributed by atoms with Crippen molar-refractivity contribution in [3.05, 3.63) is 65.5 Å². The Kier molecular flexibility index (Phi) is 4.76. The number of amidine groups is 1. The summed E-state index contributed by atoms with van der Waals surface area (Å²) in [5.74, 6) is 0.199. The van der Waals surface area contributed by atoms with Crippen LogP contribution in [0.2, 0.25) is 0 Å². The number of fused-ring (bicyclic) bond motifs is 1. The van der Waals surface area contributed by atoms with Crippen LogP contribution in [0.4, 0.5) is 0 Å². The Hall–Kier alpha value is -3.19. The van der Waals surface area contributed by atoms with Crippen molar-refractivity contribution < 1.29 is 9.53 Å². The number of imidazole rings is 1. The predicted octanol–water partition coefficient (Wildman–Crippen LogP) is 1.85. The number of hydrogen-bond acceptors (Lipinski definition) is 4. The Balaban J connectivity index is 1.68. The van der Waals surface area contributed by atoms with Crippen LogP contribution >= 0.6 is 0 Å². The van der Waals surface area contributed by atoms with Crippen LogP contribution in [0.3, 0.4) is 0 Å². The molecule has 1 heterocycles. The standard InChI is InChI=1S/C18H19N5O2/c1-25-15(17-22-13-4-2-3-5-14(13)23-17)18(24)21-10-11-6-8-12(9-7-11)16(19)20/h2-9,15H,10H2,1H3,(H3,19,20)(H,21,24)(H,22,23). The van der Waals surface area contributed by atoms with Crippen LogP contribution in [-0.2, 0) is 16.1 Å². The molecule has 0 spiro atoms. The monoisotopic (exact) mass is 337 g/mol. The van der Waals surface area contributed by atoms with Gasteiger partial charge in [-0.05, 0) is 17.7 Å². The lowest BCUT2D eigenvalue weighted by Crippen LogP contribution is -2.30. The van der Waals surface area contributed by atoms with E-state index in [0.717, 1.165) is 16.6 Å². The van der Waals surface area contributed by atoms with E-state index in [9.17, 15) is 4.79 Å². The number of nitrogen functional groups attached to an aromatic ring is 1. The van der Waals surface area contributed by atoms with Gasteiger partial charge in [0.25, 0.3) is 5.91 Å². The van der Waals surface area contributed by atoms with Gasteiger partial charge in [-0.2, -0.15) is 0 Å². The van der Waals surface area contributed by atoms with Gasteiger partial charge >= 0.3 is 0 Å². The van der Waals surface area contributed by atoms with E-state index in [1.165, 1.54) is 7.11 Å². The lowest BCUT2D eigenvalue weighted by Gasteiger charge is -2.13. The summed E-state index contributed by atoms with van der Waals surface area (Å²) in [6.07, 6.45) is -0.816. The van der Waals surface area contributed by atoms with E-state index in [1.54, 1.807) is 12.1 Å².